The van der Waals surface area contributed by atoms with Crippen LogP contribution in [0.3, 0.4) is 0 Å². The maximum absolute atomic E-state index is 13.4. The fraction of sp³-hybridized carbons (Fsp3) is 0.174. The van der Waals surface area contributed by atoms with Crippen LogP contribution in [0.15, 0.2) is 89.8 Å². The van der Waals surface area contributed by atoms with E-state index in [-0.39, 0.29) is 17.3 Å². The predicted octanol–water partition coefficient (Wildman–Crippen LogP) is 3.94. The lowest BCUT2D eigenvalue weighted by atomic mass is 10.3. The Kier molecular flexibility index (Phi) is 6.74. The van der Waals surface area contributed by atoms with E-state index < -0.39 is 10.0 Å². The molecule has 0 aliphatic heterocycles. The summed E-state index contributed by atoms with van der Waals surface area (Å²) in [6.45, 7) is 2.02. The van der Waals surface area contributed by atoms with Crippen LogP contribution in [-0.4, -0.2) is 34.5 Å². The zero-order chi connectivity index (χ0) is 21.6. The average Bonchev–Trinajstić information content (AvgIpc) is 2.78. The van der Waals surface area contributed by atoms with Crippen molar-refractivity contribution in [2.24, 2.45) is 0 Å². The second kappa shape index (κ2) is 9.45. The summed E-state index contributed by atoms with van der Waals surface area (Å²) < 4.78 is 33.3. The molecule has 0 unspecified atom stereocenters. The van der Waals surface area contributed by atoms with Gasteiger partial charge in [0.1, 0.15) is 12.3 Å². The molecule has 0 heterocycles. The molecule has 156 valence electrons. The molecular formula is C23H24N2O4S. The lowest BCUT2D eigenvalue weighted by molar-refractivity contribution is -0.116. The predicted molar refractivity (Wildman–Crippen MR) is 118 cm³/mol. The van der Waals surface area contributed by atoms with Gasteiger partial charge in [-0.2, -0.15) is 0 Å². The molecule has 0 saturated heterocycles. The van der Waals surface area contributed by atoms with Crippen LogP contribution in [-0.2, 0) is 14.8 Å². The molecule has 7 heteroatoms. The molecule has 6 nitrogen and oxygen atoms in total. The first-order chi connectivity index (χ1) is 14.4. The van der Waals surface area contributed by atoms with E-state index in [1.807, 2.05) is 25.1 Å². The Labute approximate surface area is 177 Å². The van der Waals surface area contributed by atoms with Gasteiger partial charge in [0.15, 0.2) is 0 Å². The molecular weight excluding hydrogens is 400 g/mol. The molecule has 0 aliphatic rings. The van der Waals surface area contributed by atoms with E-state index in [4.69, 9.17) is 4.74 Å². The number of sulfonamides is 1. The second-order valence-electron chi connectivity index (χ2n) is 6.54. The number of carbonyl (C=O) groups excluding carboxylic acids is 1. The molecule has 1 amide bonds. The van der Waals surface area contributed by atoms with Gasteiger partial charge in [0, 0.05) is 12.7 Å². The number of rotatable bonds is 8. The van der Waals surface area contributed by atoms with Crippen LogP contribution in [0.5, 0.6) is 5.75 Å². The zero-order valence-corrected chi connectivity index (χ0v) is 17.7. The number of carbonyl (C=O) groups is 1. The molecule has 3 aromatic rings. The van der Waals surface area contributed by atoms with Gasteiger partial charge in [-0.25, -0.2) is 8.42 Å². The summed E-state index contributed by atoms with van der Waals surface area (Å²) in [7, 11) is -2.34. The normalized spacial score (nSPS) is 11.0. The fourth-order valence-corrected chi connectivity index (χ4v) is 4.35. The van der Waals surface area contributed by atoms with Crippen LogP contribution in [0.25, 0.3) is 0 Å². The average molecular weight is 425 g/mol. The monoisotopic (exact) mass is 424 g/mol. The lowest BCUT2D eigenvalue weighted by Gasteiger charge is -2.26. The van der Waals surface area contributed by atoms with E-state index in [1.165, 1.54) is 17.0 Å². The molecule has 3 rings (SSSR count). The van der Waals surface area contributed by atoms with Gasteiger partial charge in [-0.3, -0.25) is 9.10 Å². The van der Waals surface area contributed by atoms with Crippen molar-refractivity contribution in [1.82, 2.24) is 0 Å². The van der Waals surface area contributed by atoms with Crippen molar-refractivity contribution in [1.29, 1.82) is 0 Å². The molecule has 0 atom stereocenters. The Balaban J connectivity index is 1.93. The van der Waals surface area contributed by atoms with Crippen molar-refractivity contribution in [3.8, 4) is 5.75 Å². The minimum atomic E-state index is -3.97. The van der Waals surface area contributed by atoms with Gasteiger partial charge in [-0.15, -0.1) is 0 Å². The maximum atomic E-state index is 13.4. The number of nitrogens with zero attached hydrogens (tertiary/aromatic N) is 2. The molecule has 0 spiro atoms. The first kappa shape index (κ1) is 21.4. The fourth-order valence-electron chi connectivity index (χ4n) is 2.94. The summed E-state index contributed by atoms with van der Waals surface area (Å²) in [5.74, 6) is 0.238. The molecule has 0 radical (unpaired) electrons. The molecule has 3 aromatic carbocycles. The summed E-state index contributed by atoms with van der Waals surface area (Å²) in [4.78, 5) is 14.5. The van der Waals surface area contributed by atoms with E-state index in [1.54, 1.807) is 61.6 Å². The van der Waals surface area contributed by atoms with Crippen LogP contribution in [0.1, 0.15) is 6.92 Å². The quantitative estimate of drug-likeness (QED) is 0.549. The number of hydrogen-bond acceptors (Lipinski definition) is 4. The summed E-state index contributed by atoms with van der Waals surface area (Å²) in [6.07, 6.45) is 0. The smallest absolute Gasteiger partial charge is 0.264 e. The minimum absolute atomic E-state index is 0.0879. The van der Waals surface area contributed by atoms with Gasteiger partial charge in [-0.1, -0.05) is 36.4 Å². The Morgan fingerprint density at radius 1 is 0.833 bits per heavy atom. The van der Waals surface area contributed by atoms with Gasteiger partial charge in [-0.05, 0) is 55.5 Å². The van der Waals surface area contributed by atoms with Crippen molar-refractivity contribution in [3.63, 3.8) is 0 Å². The topological polar surface area (TPSA) is 66.9 Å². The third-order valence-corrected chi connectivity index (χ3v) is 6.35. The number of ether oxygens (including phenoxy) is 1. The van der Waals surface area contributed by atoms with Crippen LogP contribution >= 0.6 is 0 Å². The van der Waals surface area contributed by atoms with Crippen molar-refractivity contribution >= 4 is 27.3 Å². The lowest BCUT2D eigenvalue weighted by Crippen LogP contribution is -2.41. The zero-order valence-electron chi connectivity index (χ0n) is 16.9. The number of benzene rings is 3. The molecule has 30 heavy (non-hydrogen) atoms. The SMILES string of the molecule is CCOc1ccc(S(=O)(=O)N(CC(=O)N(C)c2ccccc2)c2ccccc2)cc1. The van der Waals surface area contributed by atoms with Crippen molar-refractivity contribution in [3.05, 3.63) is 84.9 Å². The largest absolute Gasteiger partial charge is 0.494 e. The van der Waals surface area contributed by atoms with E-state index in [0.29, 0.717) is 23.7 Å². The Morgan fingerprint density at radius 2 is 1.37 bits per heavy atom. The number of likely N-dealkylation sites (N-methyl/N-ethyl adjacent to an activating group) is 1. The summed E-state index contributed by atoms with van der Waals surface area (Å²) >= 11 is 0. The molecule has 0 saturated carbocycles. The Hall–Kier alpha value is -3.32. The minimum Gasteiger partial charge on any atom is -0.494 e. The molecule has 0 N–H and O–H groups in total. The van der Waals surface area contributed by atoms with Crippen molar-refractivity contribution in [2.75, 3.05) is 29.4 Å². The number of hydrogen-bond donors (Lipinski definition) is 0. The van der Waals surface area contributed by atoms with Gasteiger partial charge in [0.05, 0.1) is 17.2 Å². The third-order valence-electron chi connectivity index (χ3n) is 4.56. The first-order valence-corrected chi connectivity index (χ1v) is 11.0. The first-order valence-electron chi connectivity index (χ1n) is 9.55. The van der Waals surface area contributed by atoms with Gasteiger partial charge in [0.25, 0.3) is 10.0 Å². The van der Waals surface area contributed by atoms with Crippen molar-refractivity contribution in [2.45, 2.75) is 11.8 Å². The Morgan fingerprint density at radius 3 is 1.90 bits per heavy atom. The molecule has 0 aromatic heterocycles. The van der Waals surface area contributed by atoms with Gasteiger partial charge in [0.2, 0.25) is 5.91 Å². The van der Waals surface area contributed by atoms with Crippen molar-refractivity contribution < 1.29 is 17.9 Å². The van der Waals surface area contributed by atoms with E-state index in [0.717, 1.165) is 4.31 Å². The van der Waals surface area contributed by atoms with Crippen LogP contribution in [0.2, 0.25) is 0 Å². The maximum Gasteiger partial charge on any atom is 0.264 e. The van der Waals surface area contributed by atoms with Crippen LogP contribution in [0, 0.1) is 0 Å². The van der Waals surface area contributed by atoms with Gasteiger partial charge >= 0.3 is 0 Å². The third kappa shape index (κ3) is 4.80. The van der Waals surface area contributed by atoms with Crippen LogP contribution in [0.4, 0.5) is 11.4 Å². The molecule has 0 fully saturated rings. The van der Waals surface area contributed by atoms with E-state index in [2.05, 4.69) is 0 Å². The summed E-state index contributed by atoms with van der Waals surface area (Å²) in [5.41, 5.74) is 1.11. The number of amides is 1. The Bertz CT molecular complexity index is 1070. The van der Waals surface area contributed by atoms with E-state index >= 15 is 0 Å². The number of para-hydroxylation sites is 2. The highest BCUT2D eigenvalue weighted by molar-refractivity contribution is 7.92. The molecule has 0 bridgehead atoms. The highest BCUT2D eigenvalue weighted by Crippen LogP contribution is 2.25. The van der Waals surface area contributed by atoms with Gasteiger partial charge < -0.3 is 9.64 Å². The summed E-state index contributed by atoms with van der Waals surface area (Å²) in [5, 5.41) is 0. The highest BCUT2D eigenvalue weighted by atomic mass is 32.2. The molecule has 0 aliphatic carbocycles. The van der Waals surface area contributed by atoms with E-state index in [9.17, 15) is 13.2 Å². The van der Waals surface area contributed by atoms with Crippen LogP contribution < -0.4 is 13.9 Å². The summed E-state index contributed by atoms with van der Waals surface area (Å²) in [6, 6.07) is 23.9. The second-order valence-corrected chi connectivity index (χ2v) is 8.40. The number of anilines is 2. The standard InChI is InChI=1S/C23H24N2O4S/c1-3-29-21-14-16-22(17-15-21)30(27,28)25(20-12-8-5-9-13-20)18-23(26)24(2)19-10-6-4-7-11-19/h4-17H,3,18H2,1-2H3. The highest BCUT2D eigenvalue weighted by Gasteiger charge is 2.28.